The fourth-order valence-corrected chi connectivity index (χ4v) is 4.29. The smallest absolute Gasteiger partial charge is 0.417 e. The van der Waals surface area contributed by atoms with Crippen LogP contribution in [-0.4, -0.2) is 32.1 Å². The molecule has 188 valence electrons. The predicted octanol–water partition coefficient (Wildman–Crippen LogP) is 7.05. The summed E-state index contributed by atoms with van der Waals surface area (Å²) in [5.74, 6) is -2.60. The molecule has 0 bridgehead atoms. The highest BCUT2D eigenvalue weighted by Crippen LogP contribution is 2.40. The zero-order valence-corrected chi connectivity index (χ0v) is 19.4. The SMILES string of the molecule is O=C(O)c1ccnc(-c2ccc(C(F)(F)F)c(-c3cc(C(=O)O)nc(-c4cccc5ccccc45)c3)c2)c1. The van der Waals surface area contributed by atoms with Gasteiger partial charge in [0.05, 0.1) is 22.5 Å². The topological polar surface area (TPSA) is 100 Å². The third-order valence-electron chi connectivity index (χ3n) is 6.05. The number of alkyl halides is 3. The minimum atomic E-state index is -4.75. The van der Waals surface area contributed by atoms with E-state index in [4.69, 9.17) is 0 Å². The number of carboxylic acids is 2. The minimum Gasteiger partial charge on any atom is -0.478 e. The number of nitrogens with zero attached hydrogens (tertiary/aromatic N) is 2. The second-order valence-corrected chi connectivity index (χ2v) is 8.45. The van der Waals surface area contributed by atoms with E-state index < -0.39 is 29.4 Å². The summed E-state index contributed by atoms with van der Waals surface area (Å²) in [6, 6.07) is 21.0. The fourth-order valence-electron chi connectivity index (χ4n) is 4.29. The Labute approximate surface area is 213 Å². The maximum atomic E-state index is 14.1. The van der Waals surface area contributed by atoms with Crippen LogP contribution in [0.25, 0.3) is 44.4 Å². The molecule has 3 aromatic carbocycles. The van der Waals surface area contributed by atoms with Gasteiger partial charge in [0.15, 0.2) is 0 Å². The van der Waals surface area contributed by atoms with Crippen molar-refractivity contribution in [1.29, 1.82) is 0 Å². The van der Waals surface area contributed by atoms with Crippen LogP contribution in [0.1, 0.15) is 26.4 Å². The molecule has 0 aliphatic heterocycles. The first-order valence-corrected chi connectivity index (χ1v) is 11.3. The van der Waals surface area contributed by atoms with Crippen LogP contribution in [-0.2, 0) is 6.18 Å². The summed E-state index contributed by atoms with van der Waals surface area (Å²) >= 11 is 0. The highest BCUT2D eigenvalue weighted by Gasteiger charge is 2.34. The number of fused-ring (bicyclic) bond motifs is 1. The number of pyridine rings is 2. The van der Waals surface area contributed by atoms with Crippen LogP contribution in [0.4, 0.5) is 13.2 Å². The van der Waals surface area contributed by atoms with Gasteiger partial charge in [-0.15, -0.1) is 0 Å². The van der Waals surface area contributed by atoms with Gasteiger partial charge >= 0.3 is 18.1 Å². The van der Waals surface area contributed by atoms with E-state index in [0.29, 0.717) is 5.56 Å². The zero-order valence-electron chi connectivity index (χ0n) is 19.4. The van der Waals surface area contributed by atoms with Gasteiger partial charge in [-0.25, -0.2) is 14.6 Å². The Kier molecular flexibility index (Phi) is 6.12. The van der Waals surface area contributed by atoms with Crippen molar-refractivity contribution in [3.05, 3.63) is 108 Å². The Bertz CT molecular complexity index is 1730. The monoisotopic (exact) mass is 514 g/mol. The summed E-state index contributed by atoms with van der Waals surface area (Å²) in [6.07, 6.45) is -3.50. The van der Waals surface area contributed by atoms with Gasteiger partial charge in [0.1, 0.15) is 5.69 Å². The largest absolute Gasteiger partial charge is 0.478 e. The number of rotatable bonds is 5. The van der Waals surface area contributed by atoms with E-state index in [9.17, 15) is 33.0 Å². The molecule has 0 radical (unpaired) electrons. The standard InChI is InChI=1S/C29H17F3N2O4/c30-29(31,32)23-9-8-17(24-13-18(27(35)36)10-11-33-24)12-22(23)19-14-25(34-26(15-19)28(37)38)21-7-3-5-16-4-1-2-6-20(16)21/h1-15H,(H,35,36)(H,37,38). The molecule has 5 aromatic rings. The molecular formula is C29H17F3N2O4. The number of halogens is 3. The Hall–Kier alpha value is -5.05. The van der Waals surface area contributed by atoms with Crippen molar-refractivity contribution in [3.63, 3.8) is 0 Å². The summed E-state index contributed by atoms with van der Waals surface area (Å²) < 4.78 is 42.3. The maximum Gasteiger partial charge on any atom is 0.417 e. The molecule has 6 nitrogen and oxygen atoms in total. The van der Waals surface area contributed by atoms with Gasteiger partial charge in [0, 0.05) is 17.3 Å². The number of hydrogen-bond donors (Lipinski definition) is 2. The van der Waals surface area contributed by atoms with Gasteiger partial charge in [0.2, 0.25) is 0 Å². The Morgan fingerprint density at radius 2 is 1.47 bits per heavy atom. The fraction of sp³-hybridized carbons (Fsp3) is 0.0345. The minimum absolute atomic E-state index is 0.0103. The van der Waals surface area contributed by atoms with Crippen LogP contribution in [0.3, 0.4) is 0 Å². The molecule has 0 saturated carbocycles. The van der Waals surface area contributed by atoms with E-state index in [1.54, 1.807) is 18.2 Å². The van der Waals surface area contributed by atoms with Crippen molar-refractivity contribution in [2.75, 3.05) is 0 Å². The van der Waals surface area contributed by atoms with E-state index in [2.05, 4.69) is 9.97 Å². The molecule has 9 heteroatoms. The average molecular weight is 514 g/mol. The Morgan fingerprint density at radius 3 is 2.21 bits per heavy atom. The van der Waals surface area contributed by atoms with E-state index in [1.807, 2.05) is 24.3 Å². The lowest BCUT2D eigenvalue weighted by Crippen LogP contribution is -2.09. The number of benzene rings is 3. The van der Waals surface area contributed by atoms with Gasteiger partial charge in [0.25, 0.3) is 0 Å². The van der Waals surface area contributed by atoms with Gasteiger partial charge in [-0.3, -0.25) is 4.98 Å². The number of carbonyl (C=O) groups is 2. The quantitative estimate of drug-likeness (QED) is 0.261. The molecule has 2 N–H and O–H groups in total. The third-order valence-corrected chi connectivity index (χ3v) is 6.05. The van der Waals surface area contributed by atoms with Crippen LogP contribution >= 0.6 is 0 Å². The first-order chi connectivity index (χ1) is 18.1. The number of carboxylic acid groups (broad SMARTS) is 2. The van der Waals surface area contributed by atoms with E-state index in [1.165, 1.54) is 36.5 Å². The number of aromatic carboxylic acids is 2. The molecule has 0 spiro atoms. The Balaban J connectivity index is 1.77. The molecule has 38 heavy (non-hydrogen) atoms. The van der Waals surface area contributed by atoms with Crippen molar-refractivity contribution < 1.29 is 33.0 Å². The molecule has 2 heterocycles. The second kappa shape index (κ2) is 9.44. The van der Waals surface area contributed by atoms with Crippen LogP contribution < -0.4 is 0 Å². The first-order valence-electron chi connectivity index (χ1n) is 11.3. The Morgan fingerprint density at radius 1 is 0.711 bits per heavy atom. The zero-order chi connectivity index (χ0) is 27.0. The second-order valence-electron chi connectivity index (χ2n) is 8.45. The van der Waals surface area contributed by atoms with E-state index >= 15 is 0 Å². The summed E-state index contributed by atoms with van der Waals surface area (Å²) in [5.41, 5.74) is -0.635. The van der Waals surface area contributed by atoms with Crippen LogP contribution in [0, 0.1) is 0 Å². The lowest BCUT2D eigenvalue weighted by atomic mass is 9.93. The predicted molar refractivity (Wildman–Crippen MR) is 135 cm³/mol. The van der Waals surface area contributed by atoms with Crippen molar-refractivity contribution in [2.24, 2.45) is 0 Å². The molecule has 0 unspecified atom stereocenters. The van der Waals surface area contributed by atoms with Crippen LogP contribution in [0.5, 0.6) is 0 Å². The van der Waals surface area contributed by atoms with Crippen molar-refractivity contribution in [1.82, 2.24) is 9.97 Å². The number of hydrogen-bond acceptors (Lipinski definition) is 4. The normalized spacial score (nSPS) is 11.4. The first kappa shape index (κ1) is 24.6. The molecule has 2 aromatic heterocycles. The van der Waals surface area contributed by atoms with E-state index in [0.717, 1.165) is 22.9 Å². The van der Waals surface area contributed by atoms with Crippen LogP contribution in [0.15, 0.2) is 91.1 Å². The van der Waals surface area contributed by atoms with E-state index in [-0.39, 0.29) is 33.6 Å². The summed E-state index contributed by atoms with van der Waals surface area (Å²) in [7, 11) is 0. The van der Waals surface area contributed by atoms with Crippen molar-refractivity contribution in [3.8, 4) is 33.6 Å². The summed E-state index contributed by atoms with van der Waals surface area (Å²) in [6.45, 7) is 0. The van der Waals surface area contributed by atoms with Gasteiger partial charge < -0.3 is 10.2 Å². The highest BCUT2D eigenvalue weighted by molar-refractivity contribution is 5.98. The third kappa shape index (κ3) is 4.69. The average Bonchev–Trinajstić information content (AvgIpc) is 2.91. The van der Waals surface area contributed by atoms with Crippen LogP contribution in [0.2, 0.25) is 0 Å². The number of aromatic nitrogens is 2. The van der Waals surface area contributed by atoms with Gasteiger partial charge in [-0.1, -0.05) is 48.5 Å². The maximum absolute atomic E-state index is 14.1. The lowest BCUT2D eigenvalue weighted by Gasteiger charge is -2.16. The van der Waals surface area contributed by atoms with Gasteiger partial charge in [-0.2, -0.15) is 13.2 Å². The molecule has 0 amide bonds. The highest BCUT2D eigenvalue weighted by atomic mass is 19.4. The molecular weight excluding hydrogens is 497 g/mol. The van der Waals surface area contributed by atoms with Crippen molar-refractivity contribution >= 4 is 22.7 Å². The van der Waals surface area contributed by atoms with Crippen molar-refractivity contribution in [2.45, 2.75) is 6.18 Å². The molecule has 0 aliphatic rings. The summed E-state index contributed by atoms with van der Waals surface area (Å²) in [4.78, 5) is 31.7. The molecule has 0 fully saturated rings. The molecule has 0 saturated heterocycles. The lowest BCUT2D eigenvalue weighted by molar-refractivity contribution is -0.137. The summed E-state index contributed by atoms with van der Waals surface area (Å²) in [5, 5.41) is 20.6. The molecule has 0 aliphatic carbocycles. The molecule has 5 rings (SSSR count). The van der Waals surface area contributed by atoms with Gasteiger partial charge in [-0.05, 0) is 58.3 Å². The molecule has 0 atom stereocenters.